The molecule has 12 heteroatoms. The molecule has 1 N–H and O–H groups in total. The molecule has 0 saturated carbocycles. The maximum Gasteiger partial charge on any atom is 0.294 e. The highest BCUT2D eigenvalue weighted by atomic mass is 35.5. The molecule has 3 heterocycles. The van der Waals surface area contributed by atoms with Gasteiger partial charge in [-0.3, -0.25) is 9.59 Å². The fraction of sp³-hybridized carbons (Fsp3) is 0.0500. The van der Waals surface area contributed by atoms with Crippen molar-refractivity contribution in [2.75, 3.05) is 0 Å². The zero-order chi connectivity index (χ0) is 23.1. The maximum atomic E-state index is 12.4. The van der Waals surface area contributed by atoms with E-state index in [1.165, 1.54) is 24.5 Å². The third kappa shape index (κ3) is 6.30. The van der Waals surface area contributed by atoms with Crippen LogP contribution >= 0.6 is 46.4 Å². The molecule has 1 aromatic carbocycles. The first-order valence-electron chi connectivity index (χ1n) is 8.81. The van der Waals surface area contributed by atoms with E-state index in [-0.39, 0.29) is 22.9 Å². The average molecular weight is 513 g/mol. The number of pyridine rings is 1. The molecule has 0 bridgehead atoms. The molecule has 164 valence electrons. The number of hydrogen-bond donors (Lipinski definition) is 1. The summed E-state index contributed by atoms with van der Waals surface area (Å²) in [7, 11) is 0. The van der Waals surface area contributed by atoms with E-state index in [0.29, 0.717) is 20.9 Å². The highest BCUT2D eigenvalue weighted by Crippen LogP contribution is 2.25. The highest BCUT2D eigenvalue weighted by Gasteiger charge is 2.13. The van der Waals surface area contributed by atoms with E-state index in [2.05, 4.69) is 20.3 Å². The van der Waals surface area contributed by atoms with Crippen LogP contribution in [0.3, 0.4) is 0 Å². The van der Waals surface area contributed by atoms with Gasteiger partial charge in [-0.15, -0.1) is 0 Å². The largest absolute Gasteiger partial charge is 0.485 e. The van der Waals surface area contributed by atoms with Crippen LogP contribution in [0, 0.1) is 0 Å². The van der Waals surface area contributed by atoms with Crippen molar-refractivity contribution < 1.29 is 4.74 Å². The Morgan fingerprint density at radius 3 is 2.38 bits per heavy atom. The number of aromatic amines is 1. The summed E-state index contributed by atoms with van der Waals surface area (Å²) in [4.78, 5) is 26.5. The van der Waals surface area contributed by atoms with Gasteiger partial charge in [0, 0.05) is 24.0 Å². The van der Waals surface area contributed by atoms with Gasteiger partial charge >= 0.3 is 0 Å². The summed E-state index contributed by atoms with van der Waals surface area (Å²) < 4.78 is 6.65. The van der Waals surface area contributed by atoms with E-state index in [0.717, 1.165) is 10.2 Å². The fourth-order valence-corrected chi connectivity index (χ4v) is 2.87. The highest BCUT2D eigenvalue weighted by molar-refractivity contribution is 6.42. The van der Waals surface area contributed by atoms with Crippen molar-refractivity contribution in [1.29, 1.82) is 0 Å². The lowest BCUT2D eigenvalue weighted by atomic mass is 10.3. The quantitative estimate of drug-likeness (QED) is 0.401. The first-order chi connectivity index (χ1) is 15.3. The minimum Gasteiger partial charge on any atom is -0.485 e. The first-order valence-corrected chi connectivity index (χ1v) is 10.3. The fourth-order valence-electron chi connectivity index (χ4n) is 2.28. The van der Waals surface area contributed by atoms with E-state index in [4.69, 9.17) is 51.1 Å². The van der Waals surface area contributed by atoms with Crippen molar-refractivity contribution in [3.05, 3.63) is 108 Å². The van der Waals surface area contributed by atoms with Gasteiger partial charge in [-0.05, 0) is 30.3 Å². The second-order valence-corrected chi connectivity index (χ2v) is 7.61. The van der Waals surface area contributed by atoms with Gasteiger partial charge in [-0.1, -0.05) is 52.5 Å². The molecule has 4 rings (SSSR count). The van der Waals surface area contributed by atoms with E-state index >= 15 is 0 Å². The minimum atomic E-state index is -0.535. The molecule has 0 aliphatic rings. The lowest BCUT2D eigenvalue weighted by Crippen LogP contribution is -2.22. The van der Waals surface area contributed by atoms with Gasteiger partial charge in [0.05, 0.1) is 21.9 Å². The van der Waals surface area contributed by atoms with Crippen LogP contribution in [0.1, 0.15) is 5.56 Å². The van der Waals surface area contributed by atoms with Crippen LogP contribution in [0.25, 0.3) is 5.69 Å². The lowest BCUT2D eigenvalue weighted by Gasteiger charge is -2.10. The number of halogens is 4. The van der Waals surface area contributed by atoms with Crippen molar-refractivity contribution >= 4 is 46.4 Å². The second-order valence-electron chi connectivity index (χ2n) is 6.03. The Bertz CT molecular complexity index is 1310. The molecule has 0 saturated heterocycles. The van der Waals surface area contributed by atoms with Gasteiger partial charge < -0.3 is 4.74 Å². The summed E-state index contributed by atoms with van der Waals surface area (Å²) in [6.07, 6.45) is 4.44. The molecular weight excluding hydrogens is 500 g/mol. The van der Waals surface area contributed by atoms with Crippen LogP contribution < -0.4 is 15.9 Å². The molecule has 0 unspecified atom stereocenters. The number of H-pyrrole nitrogens is 1. The Labute approximate surface area is 201 Å². The van der Waals surface area contributed by atoms with Crippen LogP contribution in [0.15, 0.2) is 70.6 Å². The average Bonchev–Trinajstić information content (AvgIpc) is 2.79. The van der Waals surface area contributed by atoms with Crippen molar-refractivity contribution in [2.45, 2.75) is 6.61 Å². The van der Waals surface area contributed by atoms with Crippen LogP contribution in [-0.4, -0.2) is 25.0 Å². The number of benzene rings is 1. The molecular formula is C20H13Cl4N5O3. The number of ether oxygens (including phenoxy) is 1. The Morgan fingerprint density at radius 2 is 1.78 bits per heavy atom. The molecule has 0 spiro atoms. The summed E-state index contributed by atoms with van der Waals surface area (Å²) in [5.41, 5.74) is 0.512. The molecule has 32 heavy (non-hydrogen) atoms. The predicted octanol–water partition coefficient (Wildman–Crippen LogP) is 4.59. The van der Waals surface area contributed by atoms with E-state index in [1.807, 2.05) is 0 Å². The maximum absolute atomic E-state index is 12.4. The van der Waals surface area contributed by atoms with Crippen molar-refractivity contribution in [3.63, 3.8) is 0 Å². The zero-order valence-corrected chi connectivity index (χ0v) is 19.0. The number of aromatic nitrogens is 5. The van der Waals surface area contributed by atoms with Crippen molar-refractivity contribution in [1.82, 2.24) is 25.0 Å². The molecule has 0 amide bonds. The number of hydrogen-bond acceptors (Lipinski definition) is 6. The summed E-state index contributed by atoms with van der Waals surface area (Å²) in [6, 6.07) is 11.1. The first kappa shape index (κ1) is 23.7. The van der Waals surface area contributed by atoms with Crippen LogP contribution in [-0.2, 0) is 6.61 Å². The molecule has 3 aromatic heterocycles. The zero-order valence-electron chi connectivity index (χ0n) is 16.0. The summed E-state index contributed by atoms with van der Waals surface area (Å²) in [6.45, 7) is 0.168. The van der Waals surface area contributed by atoms with E-state index in [1.54, 1.807) is 36.5 Å². The van der Waals surface area contributed by atoms with Gasteiger partial charge in [-0.2, -0.15) is 14.9 Å². The number of rotatable bonds is 4. The Balaban J connectivity index is 0.000000352. The third-order valence-electron chi connectivity index (χ3n) is 3.80. The van der Waals surface area contributed by atoms with Crippen molar-refractivity contribution in [2.24, 2.45) is 0 Å². The normalized spacial score (nSPS) is 10.2. The van der Waals surface area contributed by atoms with Crippen LogP contribution in [0.4, 0.5) is 0 Å². The Kier molecular flexibility index (Phi) is 8.24. The van der Waals surface area contributed by atoms with Crippen LogP contribution in [0.5, 0.6) is 5.75 Å². The third-order valence-corrected chi connectivity index (χ3v) is 5.11. The van der Waals surface area contributed by atoms with Crippen molar-refractivity contribution in [3.8, 4) is 11.4 Å². The van der Waals surface area contributed by atoms with Gasteiger partial charge in [0.15, 0.2) is 10.8 Å². The molecule has 0 fully saturated rings. The molecule has 0 aliphatic heterocycles. The van der Waals surface area contributed by atoms with E-state index in [9.17, 15) is 9.59 Å². The summed E-state index contributed by atoms with van der Waals surface area (Å²) in [5, 5.41) is 10.7. The monoisotopic (exact) mass is 511 g/mol. The Hall–Kier alpha value is -2.91. The molecule has 0 radical (unpaired) electrons. The second kappa shape index (κ2) is 11.1. The SMILES string of the molecule is O=c1c(Cl)c(OCc2ccc(Cl)nc2)cnn1-c1ccc(Cl)c(Cl)c1.O=c1cccn[nH]1. The predicted molar refractivity (Wildman–Crippen MR) is 123 cm³/mol. The minimum absolute atomic E-state index is 0.0944. The standard InChI is InChI=1S/C16H9Cl4N3O2.C4H4N2O/c17-11-3-2-10(5-12(11)18)23-16(24)15(20)13(7-22-23)25-8-9-1-4-14(19)21-6-9;7-4-2-1-3-5-6-4/h1-7H,8H2;1-3H,(H,6,7). The van der Waals surface area contributed by atoms with Crippen LogP contribution in [0.2, 0.25) is 20.2 Å². The molecule has 4 aromatic rings. The van der Waals surface area contributed by atoms with E-state index < -0.39 is 5.56 Å². The smallest absolute Gasteiger partial charge is 0.294 e. The molecule has 8 nitrogen and oxygen atoms in total. The van der Waals surface area contributed by atoms with Gasteiger partial charge in [-0.25, -0.2) is 10.1 Å². The Morgan fingerprint density at radius 1 is 0.969 bits per heavy atom. The lowest BCUT2D eigenvalue weighted by molar-refractivity contribution is 0.303. The molecule has 0 aliphatic carbocycles. The summed E-state index contributed by atoms with van der Waals surface area (Å²) in [5.74, 6) is 0.165. The molecule has 0 atom stereocenters. The van der Waals surface area contributed by atoms with Gasteiger partial charge in [0.1, 0.15) is 11.8 Å². The van der Waals surface area contributed by atoms with Gasteiger partial charge in [0.2, 0.25) is 0 Å². The van der Waals surface area contributed by atoms with Gasteiger partial charge in [0.25, 0.3) is 11.1 Å². The number of nitrogens with zero attached hydrogens (tertiary/aromatic N) is 4. The topological polar surface area (TPSA) is 103 Å². The number of nitrogens with one attached hydrogen (secondary N) is 1. The summed E-state index contributed by atoms with van der Waals surface area (Å²) >= 11 is 23.7.